The third kappa shape index (κ3) is 6.82. The molecule has 0 radical (unpaired) electrons. The Morgan fingerprint density at radius 1 is 1.22 bits per heavy atom. The van der Waals surface area contributed by atoms with Crippen LogP contribution in [0.3, 0.4) is 0 Å². The maximum atomic E-state index is 13.4. The highest BCUT2D eigenvalue weighted by atomic mass is 16.6. The van der Waals surface area contributed by atoms with E-state index >= 15 is 0 Å². The Balaban J connectivity index is 1.74. The Morgan fingerprint density at radius 3 is 2.56 bits per heavy atom. The van der Waals surface area contributed by atoms with E-state index in [1.54, 1.807) is 0 Å². The molecule has 2 aliphatic rings. The van der Waals surface area contributed by atoms with Crippen LogP contribution in [-0.2, 0) is 30.3 Å². The summed E-state index contributed by atoms with van der Waals surface area (Å²) in [5.74, 6) is -1.78. The van der Waals surface area contributed by atoms with E-state index < -0.39 is 41.9 Å². The summed E-state index contributed by atoms with van der Waals surface area (Å²) in [6.07, 6.45) is 6.97. The van der Waals surface area contributed by atoms with Crippen molar-refractivity contribution in [2.45, 2.75) is 95.9 Å². The van der Waals surface area contributed by atoms with Gasteiger partial charge in [-0.15, -0.1) is 0 Å². The second-order valence-electron chi connectivity index (χ2n) is 9.37. The highest BCUT2D eigenvalue weighted by Crippen LogP contribution is 2.20. The number of rotatable bonds is 11. The van der Waals surface area contributed by atoms with E-state index in [1.807, 2.05) is 13.8 Å². The summed E-state index contributed by atoms with van der Waals surface area (Å²) in [6, 6.07) is -2.54. The first kappa shape index (κ1) is 27.2. The smallest absolute Gasteiger partial charge is 0.419 e. The SMILES string of the molecule is CCCC(CCC)OC(=O)n1cnc(CC(NC(=O)C2CCC(=O)N2)C(=O)N2CCCC2C(N)=O)c1. The minimum Gasteiger partial charge on any atom is -0.446 e. The van der Waals surface area contributed by atoms with E-state index in [2.05, 4.69) is 15.6 Å². The van der Waals surface area contributed by atoms with Crippen molar-refractivity contribution in [2.24, 2.45) is 5.73 Å². The molecule has 12 heteroatoms. The number of nitrogens with two attached hydrogens (primary N) is 1. The van der Waals surface area contributed by atoms with E-state index in [1.165, 1.54) is 22.0 Å². The lowest BCUT2D eigenvalue weighted by Gasteiger charge is -2.28. The number of carbonyl (C=O) groups excluding carboxylic acids is 5. The summed E-state index contributed by atoms with van der Waals surface area (Å²) in [4.78, 5) is 67.8. The van der Waals surface area contributed by atoms with Gasteiger partial charge in [0.25, 0.3) is 0 Å². The van der Waals surface area contributed by atoms with Crippen molar-refractivity contribution >= 4 is 29.7 Å². The van der Waals surface area contributed by atoms with E-state index in [9.17, 15) is 24.0 Å². The van der Waals surface area contributed by atoms with Gasteiger partial charge in [0.05, 0.1) is 5.69 Å². The first-order chi connectivity index (χ1) is 17.2. The second kappa shape index (κ2) is 12.5. The first-order valence-corrected chi connectivity index (χ1v) is 12.7. The maximum absolute atomic E-state index is 13.4. The maximum Gasteiger partial charge on any atom is 0.419 e. The lowest BCUT2D eigenvalue weighted by Crippen LogP contribution is -2.56. The fourth-order valence-electron chi connectivity index (χ4n) is 4.70. The zero-order chi connectivity index (χ0) is 26.2. The summed E-state index contributed by atoms with van der Waals surface area (Å²) in [6.45, 7) is 4.39. The monoisotopic (exact) mass is 504 g/mol. The van der Waals surface area contributed by atoms with Crippen molar-refractivity contribution in [1.82, 2.24) is 25.1 Å². The van der Waals surface area contributed by atoms with Crippen LogP contribution in [0.15, 0.2) is 12.5 Å². The predicted molar refractivity (Wildman–Crippen MR) is 128 cm³/mol. The number of hydrogen-bond donors (Lipinski definition) is 3. The molecule has 2 saturated heterocycles. The van der Waals surface area contributed by atoms with Gasteiger partial charge in [0.2, 0.25) is 23.6 Å². The van der Waals surface area contributed by atoms with Gasteiger partial charge in [-0.25, -0.2) is 14.3 Å². The summed E-state index contributed by atoms with van der Waals surface area (Å²) < 4.78 is 6.81. The molecule has 0 saturated carbocycles. The van der Waals surface area contributed by atoms with Gasteiger partial charge in [0.15, 0.2) is 0 Å². The lowest BCUT2D eigenvalue weighted by molar-refractivity contribution is -0.140. The lowest BCUT2D eigenvalue weighted by atomic mass is 10.1. The Kier molecular flexibility index (Phi) is 9.43. The number of amides is 4. The third-order valence-electron chi connectivity index (χ3n) is 6.54. The molecular weight excluding hydrogens is 468 g/mol. The highest BCUT2D eigenvalue weighted by molar-refractivity contribution is 5.95. The van der Waals surface area contributed by atoms with Crippen molar-refractivity contribution in [3.63, 3.8) is 0 Å². The van der Waals surface area contributed by atoms with E-state index in [0.29, 0.717) is 31.5 Å². The number of primary amides is 1. The molecule has 0 spiro atoms. The Hall–Kier alpha value is -3.44. The van der Waals surface area contributed by atoms with Gasteiger partial charge in [0.1, 0.15) is 30.6 Å². The minimum absolute atomic E-state index is 0.0130. The number of ether oxygens (including phenoxy) is 1. The van der Waals surface area contributed by atoms with Crippen LogP contribution in [0.1, 0.15) is 70.9 Å². The van der Waals surface area contributed by atoms with Crippen LogP contribution >= 0.6 is 0 Å². The van der Waals surface area contributed by atoms with Crippen LogP contribution in [0.25, 0.3) is 0 Å². The van der Waals surface area contributed by atoms with Gasteiger partial charge in [-0.2, -0.15) is 0 Å². The van der Waals surface area contributed by atoms with Gasteiger partial charge < -0.3 is 26.0 Å². The average Bonchev–Trinajstić information content (AvgIpc) is 3.59. The molecule has 1 aromatic heterocycles. The second-order valence-corrected chi connectivity index (χ2v) is 9.37. The molecule has 3 atom stereocenters. The fourth-order valence-corrected chi connectivity index (χ4v) is 4.70. The number of nitrogens with one attached hydrogen (secondary N) is 2. The van der Waals surface area contributed by atoms with Gasteiger partial charge in [0, 0.05) is 25.6 Å². The van der Waals surface area contributed by atoms with Crippen LogP contribution in [0.2, 0.25) is 0 Å². The average molecular weight is 505 g/mol. The molecule has 0 aromatic carbocycles. The van der Waals surface area contributed by atoms with Crippen LogP contribution in [-0.4, -0.2) is 74.9 Å². The van der Waals surface area contributed by atoms with E-state index in [4.69, 9.17) is 10.5 Å². The molecule has 3 unspecified atom stereocenters. The standard InChI is InChI=1S/C24H36N6O6/c1-3-6-16(7-4-2)36-24(35)29-13-15(26-14-29)12-18(28-22(33)17-9-10-20(31)27-17)23(34)30-11-5-8-19(30)21(25)32/h13-14,16-19H,3-12H2,1-2H3,(H2,25,32)(H,27,31)(H,28,33). The summed E-state index contributed by atoms with van der Waals surface area (Å²) >= 11 is 0. The van der Waals surface area contributed by atoms with Crippen LogP contribution in [0.4, 0.5) is 4.79 Å². The number of imidazole rings is 1. The first-order valence-electron chi connectivity index (χ1n) is 12.7. The topological polar surface area (TPSA) is 166 Å². The van der Waals surface area contributed by atoms with Crippen molar-refractivity contribution in [1.29, 1.82) is 0 Å². The molecule has 36 heavy (non-hydrogen) atoms. The van der Waals surface area contributed by atoms with Crippen molar-refractivity contribution in [3.8, 4) is 0 Å². The zero-order valence-electron chi connectivity index (χ0n) is 20.9. The largest absolute Gasteiger partial charge is 0.446 e. The summed E-state index contributed by atoms with van der Waals surface area (Å²) in [7, 11) is 0. The summed E-state index contributed by atoms with van der Waals surface area (Å²) in [5.41, 5.74) is 5.87. The van der Waals surface area contributed by atoms with Crippen molar-refractivity contribution in [2.75, 3.05) is 6.54 Å². The molecule has 4 N–H and O–H groups in total. The van der Waals surface area contributed by atoms with Crippen LogP contribution < -0.4 is 16.4 Å². The van der Waals surface area contributed by atoms with Gasteiger partial charge in [-0.05, 0) is 32.1 Å². The van der Waals surface area contributed by atoms with Gasteiger partial charge >= 0.3 is 6.09 Å². The Bertz CT molecular complexity index is 972. The third-order valence-corrected chi connectivity index (χ3v) is 6.54. The minimum atomic E-state index is -1.05. The molecule has 0 aliphatic carbocycles. The van der Waals surface area contributed by atoms with Gasteiger partial charge in [-0.1, -0.05) is 26.7 Å². The van der Waals surface area contributed by atoms with Gasteiger partial charge in [-0.3, -0.25) is 19.2 Å². The van der Waals surface area contributed by atoms with E-state index in [-0.39, 0.29) is 24.9 Å². The number of aromatic nitrogens is 2. The molecule has 2 fully saturated rings. The normalized spacial score (nSPS) is 20.3. The number of likely N-dealkylation sites (tertiary alicyclic amines) is 1. The van der Waals surface area contributed by atoms with E-state index in [0.717, 1.165) is 25.7 Å². The molecule has 0 bridgehead atoms. The predicted octanol–water partition coefficient (Wildman–Crippen LogP) is 0.619. The highest BCUT2D eigenvalue weighted by Gasteiger charge is 2.38. The molecule has 3 rings (SSSR count). The molecular formula is C24H36N6O6. The quantitative estimate of drug-likeness (QED) is 0.397. The van der Waals surface area contributed by atoms with Crippen molar-refractivity contribution < 1.29 is 28.7 Å². The molecule has 12 nitrogen and oxygen atoms in total. The molecule has 198 valence electrons. The van der Waals surface area contributed by atoms with Crippen molar-refractivity contribution in [3.05, 3.63) is 18.2 Å². The Morgan fingerprint density at radius 2 is 1.94 bits per heavy atom. The number of hydrogen-bond acceptors (Lipinski definition) is 7. The molecule has 1 aromatic rings. The Labute approximate surface area is 210 Å². The van der Waals surface area contributed by atoms with Crippen LogP contribution in [0, 0.1) is 0 Å². The number of nitrogens with zero attached hydrogens (tertiary/aromatic N) is 3. The molecule has 4 amide bonds. The number of carbonyl (C=O) groups is 5. The molecule has 3 heterocycles. The summed E-state index contributed by atoms with van der Waals surface area (Å²) in [5, 5.41) is 5.29. The zero-order valence-corrected chi connectivity index (χ0v) is 20.9. The fraction of sp³-hybridized carbons (Fsp3) is 0.667. The molecule has 2 aliphatic heterocycles. The van der Waals surface area contributed by atoms with Crippen LogP contribution in [0.5, 0.6) is 0 Å².